The van der Waals surface area contributed by atoms with Crippen LogP contribution in [0.15, 0.2) is 83.8 Å². The Morgan fingerprint density at radius 3 is 2.39 bits per heavy atom. The van der Waals surface area contributed by atoms with Gasteiger partial charge < -0.3 is 4.74 Å². The van der Waals surface area contributed by atoms with Crippen molar-refractivity contribution in [1.29, 1.82) is 0 Å². The highest BCUT2D eigenvalue weighted by molar-refractivity contribution is 7.89. The van der Waals surface area contributed by atoms with Gasteiger partial charge in [0, 0.05) is 35.8 Å². The fourth-order valence-electron chi connectivity index (χ4n) is 4.60. The summed E-state index contributed by atoms with van der Waals surface area (Å²) in [5.74, 6) is 0.818. The summed E-state index contributed by atoms with van der Waals surface area (Å²) in [6.45, 7) is 2.59. The molecule has 0 saturated carbocycles. The summed E-state index contributed by atoms with van der Waals surface area (Å²) in [6, 6.07) is 25.6. The van der Waals surface area contributed by atoms with E-state index in [1.807, 2.05) is 23.5 Å². The minimum atomic E-state index is -3.59. The fourth-order valence-corrected chi connectivity index (χ4v) is 7.71. The molecule has 36 heavy (non-hydrogen) atoms. The minimum Gasteiger partial charge on any atom is -0.490 e. The van der Waals surface area contributed by atoms with Crippen molar-refractivity contribution in [3.63, 3.8) is 0 Å². The number of ether oxygens (including phenoxy) is 1. The predicted octanol–water partition coefficient (Wildman–Crippen LogP) is 6.42. The van der Waals surface area contributed by atoms with Crippen LogP contribution in [0.3, 0.4) is 0 Å². The molecule has 1 aromatic heterocycles. The lowest BCUT2D eigenvalue weighted by Gasteiger charge is -2.31. The molecule has 1 saturated heterocycles. The third kappa shape index (κ3) is 5.76. The molecule has 0 amide bonds. The maximum absolute atomic E-state index is 13.0. The van der Waals surface area contributed by atoms with Gasteiger partial charge in [-0.3, -0.25) is 4.90 Å². The molecule has 188 valence electrons. The Hall–Kier alpha value is -2.42. The fraction of sp³-hybridized carbons (Fsp3) is 0.286. The second kappa shape index (κ2) is 10.9. The Bertz CT molecular complexity index is 1400. The van der Waals surface area contributed by atoms with Crippen LogP contribution in [-0.4, -0.2) is 43.9 Å². The first kappa shape index (κ1) is 25.2. The molecule has 0 N–H and O–H groups in total. The van der Waals surface area contributed by atoms with Gasteiger partial charge in [-0.05, 0) is 67.2 Å². The standard InChI is InChI=1S/C28H29ClN2O3S2/c1-30(20-25-18-22-6-2-4-8-27(22)35-25)19-21-10-12-23(13-11-21)34-24-14-16-31(17-15-24)36(32,33)28-9-5-3-7-26(28)29/h2-13,18,24H,14-17,19-20H2,1H3. The molecule has 1 aliphatic heterocycles. The minimum absolute atomic E-state index is 0.0100. The molecule has 0 unspecified atom stereocenters. The number of sulfonamides is 1. The summed E-state index contributed by atoms with van der Waals surface area (Å²) in [7, 11) is -1.46. The molecule has 0 radical (unpaired) electrons. The molecule has 0 spiro atoms. The van der Waals surface area contributed by atoms with Crippen molar-refractivity contribution in [1.82, 2.24) is 9.21 Å². The van der Waals surface area contributed by atoms with E-state index in [0.717, 1.165) is 18.8 Å². The average molecular weight is 541 g/mol. The van der Waals surface area contributed by atoms with Crippen molar-refractivity contribution in [2.24, 2.45) is 0 Å². The molecule has 0 bridgehead atoms. The second-order valence-electron chi connectivity index (χ2n) is 9.22. The van der Waals surface area contributed by atoms with Gasteiger partial charge in [-0.2, -0.15) is 4.31 Å². The van der Waals surface area contributed by atoms with Gasteiger partial charge in [0.05, 0.1) is 5.02 Å². The first-order valence-electron chi connectivity index (χ1n) is 12.0. The van der Waals surface area contributed by atoms with Crippen LogP contribution in [0.1, 0.15) is 23.3 Å². The predicted molar refractivity (Wildman–Crippen MR) is 147 cm³/mol. The van der Waals surface area contributed by atoms with Crippen molar-refractivity contribution in [3.05, 3.63) is 94.3 Å². The maximum atomic E-state index is 13.0. The van der Waals surface area contributed by atoms with Gasteiger partial charge in [-0.1, -0.05) is 54.1 Å². The van der Waals surface area contributed by atoms with E-state index in [1.54, 1.807) is 24.3 Å². The van der Waals surface area contributed by atoms with Gasteiger partial charge in [-0.25, -0.2) is 8.42 Å². The highest BCUT2D eigenvalue weighted by atomic mass is 35.5. The topological polar surface area (TPSA) is 49.9 Å². The summed E-state index contributed by atoms with van der Waals surface area (Å²) in [6.07, 6.45) is 1.27. The van der Waals surface area contributed by atoms with E-state index >= 15 is 0 Å². The highest BCUT2D eigenvalue weighted by Gasteiger charge is 2.31. The summed E-state index contributed by atoms with van der Waals surface area (Å²) in [4.78, 5) is 3.84. The molecule has 8 heteroatoms. The molecule has 5 nitrogen and oxygen atoms in total. The van der Waals surface area contributed by atoms with E-state index in [9.17, 15) is 8.42 Å². The lowest BCUT2D eigenvalue weighted by molar-refractivity contribution is 0.135. The molecule has 3 aromatic carbocycles. The normalized spacial score (nSPS) is 15.5. The first-order valence-corrected chi connectivity index (χ1v) is 14.7. The van der Waals surface area contributed by atoms with E-state index in [1.165, 1.54) is 24.8 Å². The number of nitrogens with zero attached hydrogens (tertiary/aromatic N) is 2. The Kier molecular flexibility index (Phi) is 7.65. The van der Waals surface area contributed by atoms with E-state index in [-0.39, 0.29) is 16.0 Å². The maximum Gasteiger partial charge on any atom is 0.244 e. The molecular weight excluding hydrogens is 512 g/mol. The number of hydrogen-bond donors (Lipinski definition) is 0. The van der Waals surface area contributed by atoms with Crippen LogP contribution in [0.25, 0.3) is 10.1 Å². The molecule has 0 aliphatic carbocycles. The average Bonchev–Trinajstić information content (AvgIpc) is 3.28. The van der Waals surface area contributed by atoms with Crippen LogP contribution in [0, 0.1) is 0 Å². The molecule has 5 rings (SSSR count). The largest absolute Gasteiger partial charge is 0.490 e. The Labute approximate surface area is 221 Å². The van der Waals surface area contributed by atoms with Crippen molar-refractivity contribution >= 4 is 43.0 Å². The van der Waals surface area contributed by atoms with Crippen molar-refractivity contribution in [2.75, 3.05) is 20.1 Å². The van der Waals surface area contributed by atoms with Gasteiger partial charge >= 0.3 is 0 Å². The Morgan fingerprint density at radius 1 is 0.972 bits per heavy atom. The number of piperidine rings is 1. The van der Waals surface area contributed by atoms with E-state index in [4.69, 9.17) is 16.3 Å². The van der Waals surface area contributed by atoms with E-state index < -0.39 is 10.0 Å². The van der Waals surface area contributed by atoms with Crippen molar-refractivity contribution in [2.45, 2.75) is 36.9 Å². The summed E-state index contributed by atoms with van der Waals surface area (Å²) in [5.41, 5.74) is 1.23. The second-order valence-corrected chi connectivity index (χ2v) is 12.7. The molecule has 1 aliphatic rings. The number of hydrogen-bond acceptors (Lipinski definition) is 5. The zero-order chi connectivity index (χ0) is 25.1. The number of fused-ring (bicyclic) bond motifs is 1. The first-order chi connectivity index (χ1) is 17.4. The smallest absolute Gasteiger partial charge is 0.244 e. The third-order valence-electron chi connectivity index (χ3n) is 6.44. The van der Waals surface area contributed by atoms with E-state index in [2.05, 4.69) is 54.4 Å². The molecule has 4 aromatic rings. The highest BCUT2D eigenvalue weighted by Crippen LogP contribution is 2.29. The van der Waals surface area contributed by atoms with Crippen LogP contribution in [0.5, 0.6) is 5.75 Å². The Morgan fingerprint density at radius 2 is 1.67 bits per heavy atom. The molecule has 0 atom stereocenters. The molecular formula is C28H29ClN2O3S2. The zero-order valence-electron chi connectivity index (χ0n) is 20.1. The summed E-state index contributed by atoms with van der Waals surface area (Å²) < 4.78 is 34.9. The van der Waals surface area contributed by atoms with Gasteiger partial charge in [0.2, 0.25) is 10.0 Å². The summed E-state index contributed by atoms with van der Waals surface area (Å²) >= 11 is 7.98. The third-order valence-corrected chi connectivity index (χ3v) is 9.94. The van der Waals surface area contributed by atoms with Gasteiger partial charge in [0.25, 0.3) is 0 Å². The van der Waals surface area contributed by atoms with Crippen molar-refractivity contribution in [3.8, 4) is 5.75 Å². The zero-order valence-corrected chi connectivity index (χ0v) is 22.5. The monoisotopic (exact) mass is 540 g/mol. The Balaban J connectivity index is 1.12. The van der Waals surface area contributed by atoms with Crippen LogP contribution in [0.4, 0.5) is 0 Å². The lowest BCUT2D eigenvalue weighted by atomic mass is 10.1. The van der Waals surface area contributed by atoms with Crippen LogP contribution in [-0.2, 0) is 23.1 Å². The lowest BCUT2D eigenvalue weighted by Crippen LogP contribution is -2.41. The van der Waals surface area contributed by atoms with Gasteiger partial charge in [-0.15, -0.1) is 11.3 Å². The van der Waals surface area contributed by atoms with Crippen molar-refractivity contribution < 1.29 is 13.2 Å². The van der Waals surface area contributed by atoms with Gasteiger partial charge in [0.15, 0.2) is 0 Å². The number of rotatable bonds is 8. The quantitative estimate of drug-likeness (QED) is 0.259. The van der Waals surface area contributed by atoms with Gasteiger partial charge in [0.1, 0.15) is 16.7 Å². The summed E-state index contributed by atoms with van der Waals surface area (Å²) in [5, 5.41) is 1.56. The van der Waals surface area contributed by atoms with E-state index in [0.29, 0.717) is 25.9 Å². The van der Waals surface area contributed by atoms with Crippen LogP contribution >= 0.6 is 22.9 Å². The number of benzene rings is 3. The molecule has 2 heterocycles. The number of thiophene rings is 1. The number of halogens is 1. The molecule has 1 fully saturated rings. The van der Waals surface area contributed by atoms with Crippen LogP contribution < -0.4 is 4.74 Å². The SMILES string of the molecule is CN(Cc1ccc(OC2CCN(S(=O)(=O)c3ccccc3Cl)CC2)cc1)Cc1cc2ccccc2s1. The van der Waals surface area contributed by atoms with Crippen LogP contribution in [0.2, 0.25) is 5.02 Å².